The van der Waals surface area contributed by atoms with Gasteiger partial charge in [-0.2, -0.15) is 0 Å². The molecule has 0 aliphatic carbocycles. The zero-order chi connectivity index (χ0) is 8.43. The van der Waals surface area contributed by atoms with Crippen LogP contribution in [0.15, 0.2) is 11.9 Å². The lowest BCUT2D eigenvalue weighted by Crippen LogP contribution is -2.27. The number of aliphatic carboxylic acids is 1. The van der Waals surface area contributed by atoms with E-state index < -0.39 is 5.97 Å². The molecule has 1 aliphatic heterocycles. The first-order chi connectivity index (χ1) is 5.15. The molecule has 1 rings (SSSR count). The Kier molecular flexibility index (Phi) is 2.03. The van der Waals surface area contributed by atoms with E-state index in [2.05, 4.69) is 0 Å². The Morgan fingerprint density at radius 1 is 1.82 bits per heavy atom. The molecule has 11 heavy (non-hydrogen) atoms. The van der Waals surface area contributed by atoms with Crippen molar-refractivity contribution < 1.29 is 9.90 Å². The smallest absolute Gasteiger partial charge is 0.353 e. The molecule has 0 bridgehead atoms. The van der Waals surface area contributed by atoms with E-state index in [-0.39, 0.29) is 0 Å². The summed E-state index contributed by atoms with van der Waals surface area (Å²) < 4.78 is 0. The van der Waals surface area contributed by atoms with Crippen molar-refractivity contribution in [1.82, 2.24) is 9.80 Å². The van der Waals surface area contributed by atoms with Crippen LogP contribution in [-0.2, 0) is 4.79 Å². The van der Waals surface area contributed by atoms with Gasteiger partial charge in [-0.3, -0.25) is 0 Å². The Morgan fingerprint density at radius 2 is 2.45 bits per heavy atom. The summed E-state index contributed by atoms with van der Waals surface area (Å²) >= 11 is 0. The van der Waals surface area contributed by atoms with Crippen molar-refractivity contribution in [2.45, 2.75) is 6.92 Å². The predicted octanol–water partition coefficient (Wildman–Crippen LogP) is 0.137. The molecule has 62 valence electrons. The summed E-state index contributed by atoms with van der Waals surface area (Å²) in [5, 5.41) is 8.70. The van der Waals surface area contributed by atoms with Gasteiger partial charge in [0, 0.05) is 19.8 Å². The van der Waals surface area contributed by atoms with Crippen molar-refractivity contribution in [2.24, 2.45) is 0 Å². The van der Waals surface area contributed by atoms with Crippen LogP contribution < -0.4 is 0 Å². The maximum Gasteiger partial charge on any atom is 0.353 e. The Balaban J connectivity index is 2.74. The van der Waals surface area contributed by atoms with Gasteiger partial charge in [-0.15, -0.1) is 0 Å². The van der Waals surface area contributed by atoms with Crippen molar-refractivity contribution in [1.29, 1.82) is 0 Å². The van der Waals surface area contributed by atoms with Crippen molar-refractivity contribution in [3.05, 3.63) is 11.9 Å². The minimum absolute atomic E-state index is 0.384. The van der Waals surface area contributed by atoms with Gasteiger partial charge in [0.2, 0.25) is 0 Å². The van der Waals surface area contributed by atoms with Gasteiger partial charge in [0.05, 0.1) is 6.67 Å². The van der Waals surface area contributed by atoms with Crippen LogP contribution in [0.25, 0.3) is 0 Å². The van der Waals surface area contributed by atoms with Crippen LogP contribution in [0.1, 0.15) is 6.92 Å². The minimum Gasteiger partial charge on any atom is -0.477 e. The summed E-state index contributed by atoms with van der Waals surface area (Å²) in [4.78, 5) is 14.2. The quantitative estimate of drug-likeness (QED) is 0.617. The number of hydrogen-bond donors (Lipinski definition) is 1. The standard InChI is InChI=1S/C7H12N2O2/c1-3-9-5-8(2)4-6(9)7(10)11/h4H,3,5H2,1-2H3,(H,10,11). The fraction of sp³-hybridized carbons (Fsp3) is 0.571. The van der Waals surface area contributed by atoms with Crippen LogP contribution in [0.3, 0.4) is 0 Å². The molecular formula is C7H12N2O2. The largest absolute Gasteiger partial charge is 0.477 e. The second-order valence-corrected chi connectivity index (χ2v) is 2.57. The van der Waals surface area contributed by atoms with Gasteiger partial charge in [-0.05, 0) is 6.92 Å². The van der Waals surface area contributed by atoms with E-state index in [4.69, 9.17) is 5.11 Å². The predicted molar refractivity (Wildman–Crippen MR) is 40.7 cm³/mol. The summed E-state index contributed by atoms with van der Waals surface area (Å²) in [6.07, 6.45) is 1.64. The molecule has 1 heterocycles. The number of nitrogens with zero attached hydrogens (tertiary/aromatic N) is 2. The third kappa shape index (κ3) is 1.45. The fourth-order valence-electron chi connectivity index (χ4n) is 1.14. The molecule has 0 saturated carbocycles. The third-order valence-corrected chi connectivity index (χ3v) is 1.68. The molecule has 0 aromatic rings. The molecule has 0 radical (unpaired) electrons. The molecule has 0 spiro atoms. The second-order valence-electron chi connectivity index (χ2n) is 2.57. The molecular weight excluding hydrogens is 144 g/mol. The van der Waals surface area contributed by atoms with E-state index in [0.29, 0.717) is 12.4 Å². The van der Waals surface area contributed by atoms with Crippen molar-refractivity contribution in [3.8, 4) is 0 Å². The van der Waals surface area contributed by atoms with Crippen LogP contribution in [0.5, 0.6) is 0 Å². The third-order valence-electron chi connectivity index (χ3n) is 1.68. The highest BCUT2D eigenvalue weighted by Gasteiger charge is 2.21. The highest BCUT2D eigenvalue weighted by Crippen LogP contribution is 2.13. The molecule has 0 unspecified atom stereocenters. The summed E-state index contributed by atoms with van der Waals surface area (Å²) in [5.74, 6) is -0.851. The van der Waals surface area contributed by atoms with Crippen LogP contribution in [0, 0.1) is 0 Å². The summed E-state index contributed by atoms with van der Waals surface area (Å²) in [6.45, 7) is 3.36. The summed E-state index contributed by atoms with van der Waals surface area (Å²) in [5.41, 5.74) is 0.384. The van der Waals surface area contributed by atoms with E-state index >= 15 is 0 Å². The van der Waals surface area contributed by atoms with Crippen molar-refractivity contribution in [3.63, 3.8) is 0 Å². The Bertz CT molecular complexity index is 201. The Labute approximate surface area is 65.7 Å². The van der Waals surface area contributed by atoms with Gasteiger partial charge < -0.3 is 14.9 Å². The van der Waals surface area contributed by atoms with Gasteiger partial charge in [0.15, 0.2) is 0 Å². The first-order valence-corrected chi connectivity index (χ1v) is 3.55. The molecule has 0 atom stereocenters. The number of hydrogen-bond acceptors (Lipinski definition) is 3. The normalized spacial score (nSPS) is 17.1. The van der Waals surface area contributed by atoms with Crippen LogP contribution >= 0.6 is 0 Å². The number of likely N-dealkylation sites (N-methyl/N-ethyl adjacent to an activating group) is 1. The lowest BCUT2D eigenvalue weighted by atomic mass is 10.4. The molecule has 1 aliphatic rings. The lowest BCUT2D eigenvalue weighted by Gasteiger charge is -2.17. The zero-order valence-corrected chi connectivity index (χ0v) is 6.74. The summed E-state index contributed by atoms with van der Waals surface area (Å²) in [7, 11) is 1.86. The zero-order valence-electron chi connectivity index (χ0n) is 6.74. The topological polar surface area (TPSA) is 43.8 Å². The van der Waals surface area contributed by atoms with Crippen LogP contribution in [0.4, 0.5) is 0 Å². The van der Waals surface area contributed by atoms with E-state index in [1.54, 1.807) is 6.20 Å². The Hall–Kier alpha value is -1.19. The van der Waals surface area contributed by atoms with Crippen molar-refractivity contribution in [2.75, 3.05) is 20.3 Å². The number of rotatable bonds is 2. The van der Waals surface area contributed by atoms with E-state index in [9.17, 15) is 4.79 Å². The molecule has 4 heteroatoms. The summed E-state index contributed by atoms with van der Waals surface area (Å²) in [6, 6.07) is 0. The van der Waals surface area contributed by atoms with E-state index in [1.165, 1.54) is 0 Å². The SMILES string of the molecule is CCN1CN(C)C=C1C(=O)O. The average molecular weight is 156 g/mol. The van der Waals surface area contributed by atoms with E-state index in [1.807, 2.05) is 23.8 Å². The number of carboxylic acid groups (broad SMARTS) is 1. The highest BCUT2D eigenvalue weighted by atomic mass is 16.4. The minimum atomic E-state index is -0.851. The number of carboxylic acids is 1. The lowest BCUT2D eigenvalue weighted by molar-refractivity contribution is -0.134. The first-order valence-electron chi connectivity index (χ1n) is 3.55. The molecule has 0 fully saturated rings. The van der Waals surface area contributed by atoms with Gasteiger partial charge in [-0.1, -0.05) is 0 Å². The second kappa shape index (κ2) is 2.82. The van der Waals surface area contributed by atoms with E-state index in [0.717, 1.165) is 6.54 Å². The first kappa shape index (κ1) is 7.91. The molecule has 0 saturated heterocycles. The fourth-order valence-corrected chi connectivity index (χ4v) is 1.14. The maximum atomic E-state index is 10.6. The van der Waals surface area contributed by atoms with Crippen LogP contribution in [-0.4, -0.2) is 41.1 Å². The van der Waals surface area contributed by atoms with Gasteiger partial charge >= 0.3 is 5.97 Å². The van der Waals surface area contributed by atoms with Gasteiger partial charge in [0.25, 0.3) is 0 Å². The highest BCUT2D eigenvalue weighted by molar-refractivity contribution is 5.86. The maximum absolute atomic E-state index is 10.6. The molecule has 4 nitrogen and oxygen atoms in total. The average Bonchev–Trinajstić information content (AvgIpc) is 2.30. The molecule has 0 aromatic heterocycles. The molecule has 1 N–H and O–H groups in total. The number of carbonyl (C=O) groups is 1. The van der Waals surface area contributed by atoms with Gasteiger partial charge in [0.1, 0.15) is 5.70 Å². The van der Waals surface area contributed by atoms with Crippen LogP contribution in [0.2, 0.25) is 0 Å². The monoisotopic (exact) mass is 156 g/mol. The Morgan fingerprint density at radius 3 is 2.82 bits per heavy atom. The molecule has 0 amide bonds. The molecule has 0 aromatic carbocycles. The van der Waals surface area contributed by atoms with Crippen molar-refractivity contribution >= 4 is 5.97 Å². The van der Waals surface area contributed by atoms with Gasteiger partial charge in [-0.25, -0.2) is 4.79 Å².